The van der Waals surface area contributed by atoms with Crippen LogP contribution in [0.4, 0.5) is 0 Å². The summed E-state index contributed by atoms with van der Waals surface area (Å²) in [4.78, 5) is 4.64. The van der Waals surface area contributed by atoms with E-state index in [4.69, 9.17) is 11.6 Å². The van der Waals surface area contributed by atoms with Gasteiger partial charge >= 0.3 is 0 Å². The molecule has 90 valence electrons. The average molecular weight is 314 g/mol. The second-order valence-corrected chi connectivity index (χ2v) is 6.34. The predicted octanol–water partition coefficient (Wildman–Crippen LogP) is 4.51. The van der Waals surface area contributed by atoms with Crippen molar-refractivity contribution in [3.8, 4) is 0 Å². The van der Waals surface area contributed by atoms with Crippen molar-refractivity contribution in [2.24, 2.45) is 5.92 Å². The van der Waals surface area contributed by atoms with Crippen LogP contribution in [0.25, 0.3) is 11.0 Å². The van der Waals surface area contributed by atoms with Gasteiger partial charge in [0.2, 0.25) is 0 Å². The number of imidazole rings is 1. The van der Waals surface area contributed by atoms with Gasteiger partial charge in [0.25, 0.3) is 0 Å². The normalized spacial score (nSPS) is 17.6. The van der Waals surface area contributed by atoms with E-state index in [0.29, 0.717) is 0 Å². The van der Waals surface area contributed by atoms with E-state index in [-0.39, 0.29) is 5.38 Å². The highest BCUT2D eigenvalue weighted by Gasteiger charge is 2.25. The van der Waals surface area contributed by atoms with E-state index in [1.807, 2.05) is 19.1 Å². The minimum atomic E-state index is -0.0417. The Bertz CT molecular complexity index is 558. The van der Waals surface area contributed by atoms with Gasteiger partial charge in [-0.15, -0.1) is 11.6 Å². The Balaban J connectivity index is 2.16. The Morgan fingerprint density at radius 3 is 2.94 bits per heavy atom. The number of alkyl halides is 1. The molecule has 1 aromatic heterocycles. The summed E-state index contributed by atoms with van der Waals surface area (Å²) in [5.41, 5.74) is 2.23. The van der Waals surface area contributed by atoms with Crippen LogP contribution in [0.3, 0.4) is 0 Å². The van der Waals surface area contributed by atoms with Gasteiger partial charge in [0.15, 0.2) is 0 Å². The Morgan fingerprint density at radius 2 is 2.29 bits per heavy atom. The first-order valence-electron chi connectivity index (χ1n) is 5.95. The fourth-order valence-corrected chi connectivity index (χ4v) is 2.68. The lowest BCUT2D eigenvalue weighted by Crippen LogP contribution is -2.05. The van der Waals surface area contributed by atoms with E-state index < -0.39 is 0 Å². The Morgan fingerprint density at radius 1 is 1.53 bits per heavy atom. The van der Waals surface area contributed by atoms with Gasteiger partial charge in [-0.1, -0.05) is 15.9 Å². The molecule has 0 saturated heterocycles. The number of rotatable bonds is 3. The highest BCUT2D eigenvalue weighted by Crippen LogP contribution is 2.34. The zero-order valence-corrected chi connectivity index (χ0v) is 12.0. The molecule has 0 spiro atoms. The second-order valence-electron chi connectivity index (χ2n) is 4.77. The lowest BCUT2D eigenvalue weighted by atomic mass is 10.3. The van der Waals surface area contributed by atoms with Crippen LogP contribution in [0.2, 0.25) is 0 Å². The Labute approximate surface area is 114 Å². The Hall–Kier alpha value is -0.540. The maximum Gasteiger partial charge on any atom is 0.127 e. The van der Waals surface area contributed by atoms with Gasteiger partial charge in [0.05, 0.1) is 16.4 Å². The van der Waals surface area contributed by atoms with E-state index in [1.54, 1.807) is 0 Å². The molecule has 2 aromatic rings. The van der Waals surface area contributed by atoms with Gasteiger partial charge < -0.3 is 4.57 Å². The van der Waals surface area contributed by atoms with Crippen molar-refractivity contribution in [2.45, 2.75) is 31.7 Å². The maximum absolute atomic E-state index is 6.23. The number of halogens is 2. The fourth-order valence-electron chi connectivity index (χ4n) is 2.17. The second kappa shape index (κ2) is 4.29. The topological polar surface area (TPSA) is 17.8 Å². The van der Waals surface area contributed by atoms with Crippen molar-refractivity contribution < 1.29 is 0 Å². The van der Waals surface area contributed by atoms with Gasteiger partial charge in [0, 0.05) is 11.0 Å². The lowest BCUT2D eigenvalue weighted by Gasteiger charge is -2.09. The van der Waals surface area contributed by atoms with Gasteiger partial charge in [-0.3, -0.25) is 0 Å². The summed E-state index contributed by atoms with van der Waals surface area (Å²) < 4.78 is 3.38. The molecule has 1 fully saturated rings. The number of benzene rings is 1. The summed E-state index contributed by atoms with van der Waals surface area (Å²) in [7, 11) is 0. The first-order valence-corrected chi connectivity index (χ1v) is 7.18. The standard InChI is InChI=1S/C13H14BrClN2/c1-8(15)13-16-11-5-4-10(14)6-12(11)17(13)7-9-2-3-9/h4-6,8-9H,2-3,7H2,1H3. The zero-order valence-electron chi connectivity index (χ0n) is 9.66. The van der Waals surface area contributed by atoms with Crippen molar-refractivity contribution >= 4 is 38.6 Å². The first-order chi connectivity index (χ1) is 8.15. The van der Waals surface area contributed by atoms with Crippen molar-refractivity contribution in [1.82, 2.24) is 9.55 Å². The van der Waals surface area contributed by atoms with Crippen LogP contribution >= 0.6 is 27.5 Å². The van der Waals surface area contributed by atoms with Crippen molar-refractivity contribution in [1.29, 1.82) is 0 Å². The molecule has 17 heavy (non-hydrogen) atoms. The van der Waals surface area contributed by atoms with Crippen LogP contribution in [0, 0.1) is 5.92 Å². The third kappa shape index (κ3) is 2.23. The van der Waals surface area contributed by atoms with Gasteiger partial charge in [0.1, 0.15) is 5.82 Å². The molecule has 0 amide bonds. The summed E-state index contributed by atoms with van der Waals surface area (Å²) >= 11 is 9.75. The summed E-state index contributed by atoms with van der Waals surface area (Å²) in [6.07, 6.45) is 2.67. The number of fused-ring (bicyclic) bond motifs is 1. The van der Waals surface area contributed by atoms with E-state index in [0.717, 1.165) is 28.3 Å². The molecular weight excluding hydrogens is 300 g/mol. The molecule has 0 bridgehead atoms. The third-order valence-corrected chi connectivity index (χ3v) is 3.92. The first kappa shape index (κ1) is 11.5. The molecule has 1 atom stereocenters. The predicted molar refractivity (Wildman–Crippen MR) is 74.4 cm³/mol. The number of hydrogen-bond donors (Lipinski definition) is 0. The van der Waals surface area contributed by atoms with E-state index in [1.165, 1.54) is 18.4 Å². The van der Waals surface area contributed by atoms with Crippen LogP contribution in [-0.4, -0.2) is 9.55 Å². The van der Waals surface area contributed by atoms with Crippen LogP contribution < -0.4 is 0 Å². The smallest absolute Gasteiger partial charge is 0.127 e. The molecule has 0 aliphatic heterocycles. The molecule has 1 saturated carbocycles. The number of aromatic nitrogens is 2. The van der Waals surface area contributed by atoms with Gasteiger partial charge in [-0.2, -0.15) is 0 Å². The summed E-state index contributed by atoms with van der Waals surface area (Å²) in [6, 6.07) is 6.21. The fraction of sp³-hybridized carbons (Fsp3) is 0.462. The molecule has 1 unspecified atom stereocenters. The van der Waals surface area contributed by atoms with Crippen LogP contribution in [0.15, 0.2) is 22.7 Å². The van der Waals surface area contributed by atoms with Crippen molar-refractivity contribution in [3.05, 3.63) is 28.5 Å². The largest absolute Gasteiger partial charge is 0.326 e. The number of hydrogen-bond acceptors (Lipinski definition) is 1. The van der Waals surface area contributed by atoms with Crippen molar-refractivity contribution in [2.75, 3.05) is 0 Å². The summed E-state index contributed by atoms with van der Waals surface area (Å²) in [6.45, 7) is 3.04. The highest BCUT2D eigenvalue weighted by molar-refractivity contribution is 9.10. The number of nitrogens with zero attached hydrogens (tertiary/aromatic N) is 2. The molecule has 2 nitrogen and oxygen atoms in total. The molecule has 1 aliphatic rings. The quantitative estimate of drug-likeness (QED) is 0.762. The highest BCUT2D eigenvalue weighted by atomic mass is 79.9. The molecule has 1 heterocycles. The summed E-state index contributed by atoms with van der Waals surface area (Å²) in [5.74, 6) is 1.81. The van der Waals surface area contributed by atoms with Crippen LogP contribution in [-0.2, 0) is 6.54 Å². The monoisotopic (exact) mass is 312 g/mol. The molecule has 0 N–H and O–H groups in total. The van der Waals surface area contributed by atoms with E-state index >= 15 is 0 Å². The zero-order chi connectivity index (χ0) is 12.0. The molecule has 0 radical (unpaired) electrons. The minimum Gasteiger partial charge on any atom is -0.326 e. The molecular formula is C13H14BrClN2. The maximum atomic E-state index is 6.23. The Kier molecular flexibility index (Phi) is 2.91. The van der Waals surface area contributed by atoms with E-state index in [9.17, 15) is 0 Å². The van der Waals surface area contributed by atoms with Gasteiger partial charge in [-0.25, -0.2) is 4.98 Å². The third-order valence-electron chi connectivity index (χ3n) is 3.23. The lowest BCUT2D eigenvalue weighted by molar-refractivity contribution is 0.610. The summed E-state index contributed by atoms with van der Waals surface area (Å²) in [5, 5.41) is -0.0417. The average Bonchev–Trinajstić information content (AvgIpc) is 3.01. The molecule has 1 aliphatic carbocycles. The molecule has 1 aromatic carbocycles. The van der Waals surface area contributed by atoms with Gasteiger partial charge in [-0.05, 0) is 43.9 Å². The van der Waals surface area contributed by atoms with Crippen LogP contribution in [0.5, 0.6) is 0 Å². The van der Waals surface area contributed by atoms with Crippen molar-refractivity contribution in [3.63, 3.8) is 0 Å². The molecule has 3 rings (SSSR count). The minimum absolute atomic E-state index is 0.0417. The van der Waals surface area contributed by atoms with Crippen LogP contribution in [0.1, 0.15) is 31.0 Å². The SMILES string of the molecule is CC(Cl)c1nc2ccc(Br)cc2n1CC1CC1. The van der Waals surface area contributed by atoms with E-state index in [2.05, 4.69) is 31.5 Å². The molecule has 4 heteroatoms.